The molecule has 4 rings (SSSR count). The van der Waals surface area contributed by atoms with Crippen LogP contribution in [-0.2, 0) is 16.1 Å². The number of benzene rings is 1. The number of nitrogens with one attached hydrogen (secondary N) is 1. The van der Waals surface area contributed by atoms with Crippen molar-refractivity contribution >= 4 is 17.5 Å². The van der Waals surface area contributed by atoms with Gasteiger partial charge in [0.1, 0.15) is 5.75 Å². The zero-order valence-corrected chi connectivity index (χ0v) is 27.0. The van der Waals surface area contributed by atoms with E-state index in [1.54, 1.807) is 29.4 Å². The van der Waals surface area contributed by atoms with E-state index in [0.29, 0.717) is 36.7 Å². The van der Waals surface area contributed by atoms with Crippen LogP contribution in [0.15, 0.2) is 42.7 Å². The lowest BCUT2D eigenvalue weighted by Crippen LogP contribution is -2.47. The van der Waals surface area contributed by atoms with Crippen molar-refractivity contribution in [2.24, 2.45) is 11.8 Å². The summed E-state index contributed by atoms with van der Waals surface area (Å²) in [5.74, 6) is 0.286. The van der Waals surface area contributed by atoms with Crippen LogP contribution in [0.3, 0.4) is 0 Å². The summed E-state index contributed by atoms with van der Waals surface area (Å²) >= 11 is 0. The van der Waals surface area contributed by atoms with Crippen molar-refractivity contribution in [1.82, 2.24) is 14.8 Å². The van der Waals surface area contributed by atoms with Gasteiger partial charge in [0.2, 0.25) is 5.91 Å². The standard InChI is InChI=1S/C35H52N4O5/c1-25-21-39(26(2)24-40)35(42)31-20-30(37-34(41)29-11-6-5-7-12-29)13-14-32(31)44-27(3)10-8-9-19-43-33(25)23-38(4)22-28-15-17-36-18-16-28/h13-18,20,25-27,29,33,40H,5-12,19,21-24H2,1-4H3,(H,37,41)/t25-,26-,27-,33+/m0/s1. The van der Waals surface area contributed by atoms with Crippen LogP contribution < -0.4 is 10.1 Å². The molecule has 1 aromatic carbocycles. The van der Waals surface area contributed by atoms with E-state index in [-0.39, 0.29) is 42.5 Å². The third-order valence-electron chi connectivity index (χ3n) is 8.99. The Balaban J connectivity index is 1.59. The van der Waals surface area contributed by atoms with Gasteiger partial charge in [-0.15, -0.1) is 0 Å². The molecule has 0 spiro atoms. The van der Waals surface area contributed by atoms with Gasteiger partial charge in [-0.1, -0.05) is 26.2 Å². The highest BCUT2D eigenvalue weighted by molar-refractivity contribution is 6.00. The molecule has 2 heterocycles. The lowest BCUT2D eigenvalue weighted by atomic mass is 9.88. The van der Waals surface area contributed by atoms with E-state index in [9.17, 15) is 14.7 Å². The number of hydrogen-bond donors (Lipinski definition) is 2. The van der Waals surface area contributed by atoms with Gasteiger partial charge in [-0.3, -0.25) is 19.5 Å². The minimum Gasteiger partial charge on any atom is -0.490 e. The number of ether oxygens (including phenoxy) is 2. The number of likely N-dealkylation sites (N-methyl/N-ethyl adjacent to an activating group) is 1. The molecule has 1 aromatic heterocycles. The van der Waals surface area contributed by atoms with Crippen LogP contribution in [0, 0.1) is 11.8 Å². The highest BCUT2D eigenvalue weighted by Crippen LogP contribution is 2.30. The molecular formula is C35H52N4O5. The maximum Gasteiger partial charge on any atom is 0.258 e. The van der Waals surface area contributed by atoms with Gasteiger partial charge >= 0.3 is 0 Å². The van der Waals surface area contributed by atoms with Gasteiger partial charge in [-0.25, -0.2) is 0 Å². The lowest BCUT2D eigenvalue weighted by Gasteiger charge is -2.36. The minimum atomic E-state index is -0.418. The number of carbonyl (C=O) groups is 2. The Morgan fingerprint density at radius 2 is 1.82 bits per heavy atom. The fraction of sp³-hybridized carbons (Fsp3) is 0.629. The minimum absolute atomic E-state index is 0.00442. The molecule has 2 N–H and O–H groups in total. The van der Waals surface area contributed by atoms with Gasteiger partial charge in [0, 0.05) is 56.2 Å². The van der Waals surface area contributed by atoms with E-state index in [1.807, 2.05) is 32.0 Å². The third-order valence-corrected chi connectivity index (χ3v) is 8.99. The Kier molecular flexibility index (Phi) is 13.0. The summed E-state index contributed by atoms with van der Waals surface area (Å²) in [6.45, 7) is 8.33. The topological polar surface area (TPSA) is 104 Å². The smallest absolute Gasteiger partial charge is 0.258 e. The first-order chi connectivity index (χ1) is 21.2. The molecule has 242 valence electrons. The number of rotatable bonds is 8. The molecule has 4 atom stereocenters. The van der Waals surface area contributed by atoms with Gasteiger partial charge in [0.05, 0.1) is 30.4 Å². The number of hydrogen-bond acceptors (Lipinski definition) is 7. The number of aromatic nitrogens is 1. The molecule has 44 heavy (non-hydrogen) atoms. The predicted molar refractivity (Wildman–Crippen MR) is 173 cm³/mol. The van der Waals surface area contributed by atoms with Gasteiger partial charge in [0.25, 0.3) is 5.91 Å². The molecule has 2 aromatic rings. The van der Waals surface area contributed by atoms with E-state index in [0.717, 1.165) is 51.5 Å². The number of amides is 2. The highest BCUT2D eigenvalue weighted by atomic mass is 16.5. The molecule has 2 aliphatic rings. The molecule has 0 bridgehead atoms. The van der Waals surface area contributed by atoms with Crippen LogP contribution in [0.2, 0.25) is 0 Å². The maximum atomic E-state index is 14.3. The van der Waals surface area contributed by atoms with Crippen LogP contribution in [0.5, 0.6) is 5.75 Å². The van der Waals surface area contributed by atoms with E-state index in [4.69, 9.17) is 9.47 Å². The fourth-order valence-electron chi connectivity index (χ4n) is 6.24. The number of aliphatic hydroxyl groups excluding tert-OH is 1. The SMILES string of the molecule is C[C@H]1CCCCO[C@H](CN(C)Cc2ccncc2)[C@@H](C)CN([C@@H](C)CO)C(=O)c2cc(NC(=O)C3CCCCC3)ccc2O1. The van der Waals surface area contributed by atoms with Gasteiger partial charge in [-0.2, -0.15) is 0 Å². The number of fused-ring (bicyclic) bond motifs is 1. The third kappa shape index (κ3) is 9.74. The lowest BCUT2D eigenvalue weighted by molar-refractivity contribution is -0.120. The normalized spacial score (nSPS) is 23.4. The summed E-state index contributed by atoms with van der Waals surface area (Å²) in [6, 6.07) is 8.99. The van der Waals surface area contributed by atoms with Gasteiger partial charge < -0.3 is 24.8 Å². The van der Waals surface area contributed by atoms with Crippen LogP contribution in [-0.4, -0.2) is 83.3 Å². The van der Waals surface area contributed by atoms with Crippen molar-refractivity contribution < 1.29 is 24.2 Å². The Hall–Kier alpha value is -3.01. The zero-order valence-electron chi connectivity index (χ0n) is 27.0. The van der Waals surface area contributed by atoms with Crippen LogP contribution in [0.1, 0.15) is 88.1 Å². The maximum absolute atomic E-state index is 14.3. The van der Waals surface area contributed by atoms with Crippen LogP contribution in [0.25, 0.3) is 0 Å². The predicted octanol–water partition coefficient (Wildman–Crippen LogP) is 5.53. The average molecular weight is 609 g/mol. The monoisotopic (exact) mass is 608 g/mol. The zero-order chi connectivity index (χ0) is 31.5. The molecule has 0 unspecified atom stereocenters. The molecule has 1 aliphatic heterocycles. The first-order valence-electron chi connectivity index (χ1n) is 16.5. The van der Waals surface area contributed by atoms with E-state index >= 15 is 0 Å². The number of carbonyl (C=O) groups excluding carboxylic acids is 2. The van der Waals surface area contributed by atoms with Gasteiger partial charge in [0.15, 0.2) is 0 Å². The van der Waals surface area contributed by atoms with E-state index in [2.05, 4.69) is 29.2 Å². The Labute approximate surface area is 263 Å². The molecular weight excluding hydrogens is 556 g/mol. The quantitative estimate of drug-likeness (QED) is 0.406. The second-order valence-electron chi connectivity index (χ2n) is 12.9. The number of nitrogens with zero attached hydrogens (tertiary/aromatic N) is 3. The molecule has 0 saturated heterocycles. The average Bonchev–Trinajstić information content (AvgIpc) is 3.03. The number of pyridine rings is 1. The van der Waals surface area contributed by atoms with Crippen molar-refractivity contribution in [3.05, 3.63) is 53.9 Å². The molecule has 1 fully saturated rings. The first kappa shape index (κ1) is 33.9. The molecule has 0 radical (unpaired) electrons. The van der Waals surface area contributed by atoms with Crippen molar-refractivity contribution in [2.75, 3.05) is 38.7 Å². The molecule has 2 amide bonds. The fourth-order valence-corrected chi connectivity index (χ4v) is 6.24. The summed E-state index contributed by atoms with van der Waals surface area (Å²) in [5.41, 5.74) is 2.17. The molecule has 1 saturated carbocycles. The Morgan fingerprint density at radius 3 is 2.55 bits per heavy atom. The largest absolute Gasteiger partial charge is 0.490 e. The van der Waals surface area contributed by atoms with Crippen molar-refractivity contribution in [3.63, 3.8) is 0 Å². The highest BCUT2D eigenvalue weighted by Gasteiger charge is 2.31. The van der Waals surface area contributed by atoms with Crippen LogP contribution in [0.4, 0.5) is 5.69 Å². The summed E-state index contributed by atoms with van der Waals surface area (Å²) in [5, 5.41) is 13.3. The summed E-state index contributed by atoms with van der Waals surface area (Å²) in [6.07, 6.45) is 11.2. The number of anilines is 1. The molecule has 1 aliphatic carbocycles. The second kappa shape index (κ2) is 16.9. The molecule has 9 nitrogen and oxygen atoms in total. The summed E-state index contributed by atoms with van der Waals surface area (Å²) in [4.78, 5) is 35.5. The van der Waals surface area contributed by atoms with Gasteiger partial charge in [-0.05, 0) is 88.9 Å². The van der Waals surface area contributed by atoms with Crippen molar-refractivity contribution in [2.45, 2.75) is 96.9 Å². The van der Waals surface area contributed by atoms with E-state index in [1.165, 1.54) is 12.0 Å². The Bertz CT molecular complexity index is 1190. The Morgan fingerprint density at radius 1 is 1.09 bits per heavy atom. The summed E-state index contributed by atoms with van der Waals surface area (Å²) in [7, 11) is 2.08. The van der Waals surface area contributed by atoms with Crippen molar-refractivity contribution in [1.29, 1.82) is 0 Å². The number of aliphatic hydroxyl groups is 1. The first-order valence-corrected chi connectivity index (χ1v) is 16.5. The van der Waals surface area contributed by atoms with Crippen LogP contribution >= 0.6 is 0 Å². The van der Waals surface area contributed by atoms with E-state index < -0.39 is 6.04 Å². The summed E-state index contributed by atoms with van der Waals surface area (Å²) < 4.78 is 12.8. The second-order valence-corrected chi connectivity index (χ2v) is 12.9. The van der Waals surface area contributed by atoms with Crippen molar-refractivity contribution in [3.8, 4) is 5.75 Å². The molecule has 9 heteroatoms.